The molecule has 0 aliphatic carbocycles. The molecule has 4 aromatic carbocycles. The van der Waals surface area contributed by atoms with E-state index in [2.05, 4.69) is 63.8 Å². The largest absolute Gasteiger partial charge is 1.00 e. The number of anilines is 1. The first-order valence-electron chi connectivity index (χ1n) is 20.6. The first-order chi connectivity index (χ1) is 30.5. The standard InChI is InChI=1S/C24H27N3O4.C14H15N.C10H13ClN2O4.2CH4.Cs.FH/c1-4-30-21-20(23(29)31-5-2)25-24(26(3)22(21)28)27(16-18-12-8-6-9-13-18)17-19-14-10-7-11-15-19;1-3-7-13(8-4-1)11-15-12-14-9-5-2-6-10-14;1-4-16-7-6(9(15)17-5-2)12-10(11)13(3)8(7)14;;;;/h6-15H,4-5,16-17H2,1-3H3;1-10,15H,11-12H2;4-5H2,1-3H3;2*1H4;;1H/q;;;;;+1;/p-1. The molecule has 17 heteroatoms. The Morgan fingerprint density at radius 2 is 0.910 bits per heavy atom. The number of carbonyl (C=O) groups excluding carboxylic acids is 2. The van der Waals surface area contributed by atoms with E-state index >= 15 is 0 Å². The molecule has 6 aromatic rings. The number of hydrogen-bond acceptors (Lipinski definition) is 12. The summed E-state index contributed by atoms with van der Waals surface area (Å²) < 4.78 is 23.0. The van der Waals surface area contributed by atoms with Crippen molar-refractivity contribution in [2.24, 2.45) is 14.1 Å². The average molecular weight is 1060 g/mol. The third-order valence-electron chi connectivity index (χ3n) is 8.99. The van der Waals surface area contributed by atoms with Gasteiger partial charge in [0.2, 0.25) is 22.7 Å². The SMILES string of the molecule is C.C.CCOC(=O)c1nc(Cl)n(C)c(=O)c1OCC.CCOC(=O)c1nc(N(Cc2ccccc2)Cc2ccccc2)n(C)c(=O)c1OCC.[Cs+].[F-].c1ccc(CNCc2ccccc2)cc1. The molecule has 0 bridgehead atoms. The molecule has 0 amide bonds. The molecule has 1 N–H and O–H groups in total. The molecule has 0 radical (unpaired) electrons. The Balaban J connectivity index is 0.00000103. The van der Waals surface area contributed by atoms with Crippen LogP contribution in [0.1, 0.15) is 85.8 Å². The summed E-state index contributed by atoms with van der Waals surface area (Å²) in [5, 5.41) is 3.32. The fraction of sp³-hybridized carbons (Fsp3) is 0.320. The molecule has 67 heavy (non-hydrogen) atoms. The van der Waals surface area contributed by atoms with E-state index in [4.69, 9.17) is 30.5 Å². The third kappa shape index (κ3) is 19.4. The molecule has 0 spiro atoms. The van der Waals surface area contributed by atoms with Gasteiger partial charge in [-0.1, -0.05) is 136 Å². The first-order valence-corrected chi connectivity index (χ1v) is 21.0. The summed E-state index contributed by atoms with van der Waals surface area (Å²) in [4.78, 5) is 59.4. The molecule has 356 valence electrons. The van der Waals surface area contributed by atoms with Crippen LogP contribution in [0.3, 0.4) is 0 Å². The molecule has 2 heterocycles. The van der Waals surface area contributed by atoms with Crippen molar-refractivity contribution in [3.63, 3.8) is 0 Å². The van der Waals surface area contributed by atoms with Crippen molar-refractivity contribution < 1.29 is 102 Å². The van der Waals surface area contributed by atoms with Crippen molar-refractivity contribution in [1.29, 1.82) is 0 Å². The second-order valence-electron chi connectivity index (χ2n) is 13.6. The van der Waals surface area contributed by atoms with Crippen molar-refractivity contribution in [2.45, 2.75) is 68.7 Å². The number of rotatable bonds is 17. The first kappa shape index (κ1) is 62.2. The van der Waals surface area contributed by atoms with Crippen molar-refractivity contribution in [1.82, 2.24) is 24.4 Å². The minimum Gasteiger partial charge on any atom is -1.00 e. The van der Waals surface area contributed by atoms with Crippen molar-refractivity contribution in [3.05, 3.63) is 181 Å². The fourth-order valence-corrected chi connectivity index (χ4v) is 6.14. The molecule has 0 atom stereocenters. The molecule has 14 nitrogen and oxygen atoms in total. The quantitative estimate of drug-likeness (QED) is 0.106. The van der Waals surface area contributed by atoms with Gasteiger partial charge in [0.25, 0.3) is 11.1 Å². The molecule has 0 aliphatic heterocycles. The Hall–Kier alpha value is -4.79. The van der Waals surface area contributed by atoms with Gasteiger partial charge in [0, 0.05) is 40.3 Å². The summed E-state index contributed by atoms with van der Waals surface area (Å²) in [5.41, 5.74) is 3.52. The molecule has 0 unspecified atom stereocenters. The molecular formula is C50H63ClCsFN6O8. The zero-order valence-electron chi connectivity index (χ0n) is 38.0. The van der Waals surface area contributed by atoms with E-state index < -0.39 is 23.1 Å². The molecular weight excluding hydrogens is 1000 g/mol. The van der Waals surface area contributed by atoms with Crippen LogP contribution in [0.25, 0.3) is 0 Å². The van der Waals surface area contributed by atoms with Crippen LogP contribution in [-0.2, 0) is 49.7 Å². The average Bonchev–Trinajstić information content (AvgIpc) is 3.30. The van der Waals surface area contributed by atoms with Crippen molar-refractivity contribution in [3.8, 4) is 11.5 Å². The number of halogens is 2. The van der Waals surface area contributed by atoms with Crippen LogP contribution in [-0.4, -0.2) is 57.5 Å². The van der Waals surface area contributed by atoms with Gasteiger partial charge < -0.3 is 33.9 Å². The maximum atomic E-state index is 13.1. The van der Waals surface area contributed by atoms with Gasteiger partial charge in [-0.05, 0) is 61.5 Å². The van der Waals surface area contributed by atoms with Crippen LogP contribution in [0.4, 0.5) is 5.95 Å². The number of nitrogens with zero attached hydrogens (tertiary/aromatic N) is 5. The van der Waals surface area contributed by atoms with E-state index in [0.29, 0.717) is 19.0 Å². The third-order valence-corrected chi connectivity index (χ3v) is 9.33. The van der Waals surface area contributed by atoms with Gasteiger partial charge in [0.15, 0.2) is 11.4 Å². The second-order valence-corrected chi connectivity index (χ2v) is 13.9. The normalized spacial score (nSPS) is 9.72. The van der Waals surface area contributed by atoms with Crippen LogP contribution in [0, 0.1) is 0 Å². The monoisotopic (exact) mass is 1060 g/mol. The Kier molecular flexibility index (Phi) is 31.2. The minimum absolute atomic E-state index is 0. The van der Waals surface area contributed by atoms with Crippen LogP contribution < -0.4 is 104 Å². The van der Waals surface area contributed by atoms with Gasteiger partial charge in [-0.2, -0.15) is 0 Å². The van der Waals surface area contributed by atoms with Gasteiger partial charge in [-0.15, -0.1) is 0 Å². The van der Waals surface area contributed by atoms with Gasteiger partial charge in [0.1, 0.15) is 0 Å². The van der Waals surface area contributed by atoms with Crippen molar-refractivity contribution >= 4 is 29.5 Å². The van der Waals surface area contributed by atoms with Crippen LogP contribution in [0.5, 0.6) is 11.5 Å². The summed E-state index contributed by atoms with van der Waals surface area (Å²) in [5.74, 6) is -1.27. The smallest absolute Gasteiger partial charge is 1.00 e. The van der Waals surface area contributed by atoms with Gasteiger partial charge in [-0.3, -0.25) is 18.7 Å². The number of carbonyl (C=O) groups is 2. The van der Waals surface area contributed by atoms with Crippen LogP contribution in [0.2, 0.25) is 5.28 Å². The van der Waals surface area contributed by atoms with Gasteiger partial charge >= 0.3 is 80.8 Å². The van der Waals surface area contributed by atoms with E-state index in [0.717, 1.165) is 28.8 Å². The van der Waals surface area contributed by atoms with Crippen LogP contribution in [0.15, 0.2) is 131 Å². The maximum Gasteiger partial charge on any atom is 1.00 e. The van der Waals surface area contributed by atoms with E-state index in [1.807, 2.05) is 77.7 Å². The summed E-state index contributed by atoms with van der Waals surface area (Å²) >= 11 is 5.72. The minimum atomic E-state index is -0.726. The summed E-state index contributed by atoms with van der Waals surface area (Å²) in [6.45, 7) is 10.5. The number of benzene rings is 4. The van der Waals surface area contributed by atoms with Gasteiger partial charge in [0.05, 0.1) is 26.4 Å². The van der Waals surface area contributed by atoms with E-state index in [1.165, 1.54) is 22.7 Å². The molecule has 0 saturated carbocycles. The van der Waals surface area contributed by atoms with Crippen LogP contribution >= 0.6 is 11.6 Å². The van der Waals surface area contributed by atoms with E-state index in [9.17, 15) is 19.2 Å². The second kappa shape index (κ2) is 33.6. The maximum absolute atomic E-state index is 13.1. The predicted octanol–water partition coefficient (Wildman–Crippen LogP) is 2.83. The Morgan fingerprint density at radius 3 is 1.27 bits per heavy atom. The Labute approximate surface area is 457 Å². The number of esters is 2. The molecule has 0 fully saturated rings. The van der Waals surface area contributed by atoms with E-state index in [-0.39, 0.29) is 143 Å². The number of ether oxygens (including phenoxy) is 4. The topological polar surface area (TPSA) is 156 Å². The summed E-state index contributed by atoms with van der Waals surface area (Å²) in [6, 6.07) is 40.7. The summed E-state index contributed by atoms with van der Waals surface area (Å²) in [7, 11) is 3.07. The molecule has 0 aliphatic rings. The fourth-order valence-electron chi connectivity index (χ4n) is 5.98. The van der Waals surface area contributed by atoms with Gasteiger partial charge in [-0.25, -0.2) is 19.6 Å². The van der Waals surface area contributed by atoms with Crippen molar-refractivity contribution in [2.75, 3.05) is 31.3 Å². The summed E-state index contributed by atoms with van der Waals surface area (Å²) in [6.07, 6.45) is 0. The molecule has 0 saturated heterocycles. The zero-order chi connectivity index (χ0) is 45.6. The molecule has 2 aromatic heterocycles. The zero-order valence-corrected chi connectivity index (χ0v) is 45.0. The predicted molar refractivity (Wildman–Crippen MR) is 258 cm³/mol. The number of hydrogen-bond donors (Lipinski definition) is 1. The molecule has 6 rings (SSSR count). The van der Waals surface area contributed by atoms with E-state index in [1.54, 1.807) is 34.7 Å². The Morgan fingerprint density at radius 1 is 0.567 bits per heavy atom. The Bertz CT molecular complexity index is 2390. The number of nitrogens with one attached hydrogen (secondary N) is 1. The number of aromatic nitrogens is 4.